The Morgan fingerprint density at radius 2 is 2.00 bits per heavy atom. The number of rotatable bonds is 1. The molecule has 0 bridgehead atoms. The zero-order chi connectivity index (χ0) is 11.5. The molecule has 0 aromatic heterocycles. The molecule has 0 saturated carbocycles. The summed E-state index contributed by atoms with van der Waals surface area (Å²) >= 11 is 0. The minimum Gasteiger partial charge on any atom is -0.339 e. The van der Waals surface area contributed by atoms with E-state index in [4.69, 9.17) is 0 Å². The van der Waals surface area contributed by atoms with Crippen molar-refractivity contribution in [1.82, 2.24) is 4.90 Å². The van der Waals surface area contributed by atoms with Gasteiger partial charge < -0.3 is 4.90 Å². The van der Waals surface area contributed by atoms with E-state index in [0.717, 1.165) is 31.8 Å². The molecule has 1 saturated heterocycles. The van der Waals surface area contributed by atoms with Crippen molar-refractivity contribution in [2.24, 2.45) is 11.3 Å². The maximum Gasteiger partial charge on any atom is 0.245 e. The molecular formula is C13H23NO. The van der Waals surface area contributed by atoms with Crippen LogP contribution in [0.3, 0.4) is 0 Å². The van der Waals surface area contributed by atoms with Gasteiger partial charge in [-0.2, -0.15) is 0 Å². The number of nitrogens with zero attached hydrogens (tertiary/aromatic N) is 1. The van der Waals surface area contributed by atoms with Crippen LogP contribution >= 0.6 is 0 Å². The number of hydrogen-bond donors (Lipinski definition) is 0. The number of carbonyl (C=O) groups is 1. The van der Waals surface area contributed by atoms with E-state index in [0.29, 0.717) is 5.41 Å². The standard InChI is InChI=1S/C13H23NO/c1-5-12(15)14-9-6-7-11(8-10-14)13(2,3)4/h5,11H,1,6-10H2,2-4H3. The molecule has 0 aromatic rings. The van der Waals surface area contributed by atoms with Gasteiger partial charge in [0.25, 0.3) is 0 Å². The van der Waals surface area contributed by atoms with Crippen LogP contribution in [0.2, 0.25) is 0 Å². The van der Waals surface area contributed by atoms with E-state index in [9.17, 15) is 4.79 Å². The minimum atomic E-state index is 0.0876. The summed E-state index contributed by atoms with van der Waals surface area (Å²) in [5, 5.41) is 0. The molecular weight excluding hydrogens is 186 g/mol. The zero-order valence-electron chi connectivity index (χ0n) is 10.3. The molecule has 0 spiro atoms. The van der Waals surface area contributed by atoms with Crippen molar-refractivity contribution in [3.8, 4) is 0 Å². The van der Waals surface area contributed by atoms with E-state index in [2.05, 4.69) is 27.4 Å². The second kappa shape index (κ2) is 4.82. The largest absolute Gasteiger partial charge is 0.339 e. The van der Waals surface area contributed by atoms with Crippen molar-refractivity contribution in [3.63, 3.8) is 0 Å². The Labute approximate surface area is 93.3 Å². The molecule has 1 rings (SSSR count). The van der Waals surface area contributed by atoms with Crippen molar-refractivity contribution in [2.45, 2.75) is 40.0 Å². The SMILES string of the molecule is C=CC(=O)N1CCCC(C(C)(C)C)CC1. The Morgan fingerprint density at radius 3 is 2.53 bits per heavy atom. The fourth-order valence-electron chi connectivity index (χ4n) is 2.31. The lowest BCUT2D eigenvalue weighted by atomic mass is 9.77. The third-order valence-corrected chi connectivity index (χ3v) is 3.44. The Morgan fingerprint density at radius 1 is 1.33 bits per heavy atom. The predicted octanol–water partition coefficient (Wildman–Crippen LogP) is 2.85. The smallest absolute Gasteiger partial charge is 0.245 e. The quantitative estimate of drug-likeness (QED) is 0.608. The zero-order valence-corrected chi connectivity index (χ0v) is 10.3. The first-order valence-corrected chi connectivity index (χ1v) is 5.86. The molecule has 1 unspecified atom stereocenters. The van der Waals surface area contributed by atoms with Crippen molar-refractivity contribution in [1.29, 1.82) is 0 Å². The first-order chi connectivity index (χ1) is 6.95. The lowest BCUT2D eigenvalue weighted by Crippen LogP contribution is -2.30. The molecule has 2 nitrogen and oxygen atoms in total. The number of likely N-dealkylation sites (tertiary alicyclic amines) is 1. The Bertz CT molecular complexity index is 239. The topological polar surface area (TPSA) is 20.3 Å². The molecule has 0 aliphatic carbocycles. The van der Waals surface area contributed by atoms with Crippen LogP contribution < -0.4 is 0 Å². The van der Waals surface area contributed by atoms with Gasteiger partial charge in [-0.05, 0) is 36.7 Å². The second-order valence-corrected chi connectivity index (χ2v) is 5.52. The summed E-state index contributed by atoms with van der Waals surface area (Å²) in [4.78, 5) is 13.4. The summed E-state index contributed by atoms with van der Waals surface area (Å²) in [6, 6.07) is 0. The van der Waals surface area contributed by atoms with Crippen molar-refractivity contribution < 1.29 is 4.79 Å². The number of amides is 1. The van der Waals surface area contributed by atoms with Crippen LogP contribution in [0.5, 0.6) is 0 Å². The first kappa shape index (κ1) is 12.3. The fraction of sp³-hybridized carbons (Fsp3) is 0.769. The maximum absolute atomic E-state index is 11.5. The molecule has 0 N–H and O–H groups in total. The highest BCUT2D eigenvalue weighted by molar-refractivity contribution is 5.86. The second-order valence-electron chi connectivity index (χ2n) is 5.52. The fourth-order valence-corrected chi connectivity index (χ4v) is 2.31. The molecule has 1 aliphatic heterocycles. The molecule has 0 aromatic carbocycles. The van der Waals surface area contributed by atoms with Gasteiger partial charge in [-0.25, -0.2) is 0 Å². The minimum absolute atomic E-state index is 0.0876. The summed E-state index contributed by atoms with van der Waals surface area (Å²) in [7, 11) is 0. The number of carbonyl (C=O) groups excluding carboxylic acids is 1. The Hall–Kier alpha value is -0.790. The van der Waals surface area contributed by atoms with Crippen LogP contribution in [0.1, 0.15) is 40.0 Å². The third-order valence-electron chi connectivity index (χ3n) is 3.44. The summed E-state index contributed by atoms with van der Waals surface area (Å²) in [5.41, 5.74) is 0.368. The van der Waals surface area contributed by atoms with Gasteiger partial charge in [0, 0.05) is 13.1 Å². The van der Waals surface area contributed by atoms with E-state index in [1.54, 1.807) is 0 Å². The molecule has 2 heteroatoms. The molecule has 1 heterocycles. The third kappa shape index (κ3) is 3.37. The monoisotopic (exact) mass is 209 g/mol. The molecule has 1 aliphatic rings. The van der Waals surface area contributed by atoms with Crippen LogP contribution in [0.4, 0.5) is 0 Å². The van der Waals surface area contributed by atoms with Crippen LogP contribution in [-0.4, -0.2) is 23.9 Å². The highest BCUT2D eigenvalue weighted by atomic mass is 16.2. The first-order valence-electron chi connectivity index (χ1n) is 5.86. The van der Waals surface area contributed by atoms with E-state index < -0.39 is 0 Å². The summed E-state index contributed by atoms with van der Waals surface area (Å²) in [6.07, 6.45) is 4.92. The van der Waals surface area contributed by atoms with Gasteiger partial charge in [0.2, 0.25) is 5.91 Å². The Balaban J connectivity index is 2.56. The summed E-state index contributed by atoms with van der Waals surface area (Å²) in [6.45, 7) is 12.2. The number of hydrogen-bond acceptors (Lipinski definition) is 1. The van der Waals surface area contributed by atoms with Crippen molar-refractivity contribution in [3.05, 3.63) is 12.7 Å². The van der Waals surface area contributed by atoms with Gasteiger partial charge in [-0.1, -0.05) is 27.4 Å². The lowest BCUT2D eigenvalue weighted by molar-refractivity contribution is -0.126. The van der Waals surface area contributed by atoms with Gasteiger partial charge in [-0.15, -0.1) is 0 Å². The maximum atomic E-state index is 11.5. The van der Waals surface area contributed by atoms with E-state index in [-0.39, 0.29) is 5.91 Å². The van der Waals surface area contributed by atoms with E-state index >= 15 is 0 Å². The van der Waals surface area contributed by atoms with Gasteiger partial charge >= 0.3 is 0 Å². The van der Waals surface area contributed by atoms with Crippen molar-refractivity contribution >= 4 is 5.91 Å². The lowest BCUT2D eigenvalue weighted by Gasteiger charge is -2.29. The highest BCUT2D eigenvalue weighted by Gasteiger charge is 2.27. The van der Waals surface area contributed by atoms with E-state index in [1.165, 1.54) is 12.5 Å². The van der Waals surface area contributed by atoms with Crippen LogP contribution in [0.15, 0.2) is 12.7 Å². The van der Waals surface area contributed by atoms with Crippen molar-refractivity contribution in [2.75, 3.05) is 13.1 Å². The molecule has 1 atom stereocenters. The molecule has 1 amide bonds. The van der Waals surface area contributed by atoms with E-state index in [1.807, 2.05) is 4.90 Å². The Kier molecular flexibility index (Phi) is 3.95. The molecule has 0 radical (unpaired) electrons. The van der Waals surface area contributed by atoms with Crippen LogP contribution in [0, 0.1) is 11.3 Å². The van der Waals surface area contributed by atoms with Gasteiger partial charge in [0.1, 0.15) is 0 Å². The highest BCUT2D eigenvalue weighted by Crippen LogP contribution is 2.34. The predicted molar refractivity (Wildman–Crippen MR) is 63.6 cm³/mol. The van der Waals surface area contributed by atoms with Crippen LogP contribution in [0.25, 0.3) is 0 Å². The average Bonchev–Trinajstić information content (AvgIpc) is 2.40. The summed E-state index contributed by atoms with van der Waals surface area (Å²) < 4.78 is 0. The summed E-state index contributed by atoms with van der Waals surface area (Å²) in [5.74, 6) is 0.824. The molecule has 1 fully saturated rings. The van der Waals surface area contributed by atoms with Crippen LogP contribution in [-0.2, 0) is 4.79 Å². The van der Waals surface area contributed by atoms with Gasteiger partial charge in [0.15, 0.2) is 0 Å². The van der Waals surface area contributed by atoms with Gasteiger partial charge in [-0.3, -0.25) is 4.79 Å². The normalized spacial score (nSPS) is 23.4. The molecule has 15 heavy (non-hydrogen) atoms. The molecule has 86 valence electrons. The van der Waals surface area contributed by atoms with Gasteiger partial charge in [0.05, 0.1) is 0 Å². The average molecular weight is 209 g/mol.